The van der Waals surface area contributed by atoms with Gasteiger partial charge in [-0.05, 0) is 19.3 Å². The predicted octanol–water partition coefficient (Wildman–Crippen LogP) is 2.86. The molecule has 0 amide bonds. The van der Waals surface area contributed by atoms with Crippen molar-refractivity contribution in [1.29, 1.82) is 0 Å². The Hall–Kier alpha value is -0.0100. The molecule has 0 aromatic heterocycles. The minimum atomic E-state index is 0.309. The minimum absolute atomic E-state index is 0.309. The fourth-order valence-electron chi connectivity index (χ4n) is 1.66. The van der Waals surface area contributed by atoms with E-state index in [-0.39, 0.29) is 0 Å². The number of nitrogens with zero attached hydrogens (tertiary/aromatic N) is 1. The zero-order valence-corrected chi connectivity index (χ0v) is 9.15. The lowest BCUT2D eigenvalue weighted by atomic mass is 9.65. The summed E-state index contributed by atoms with van der Waals surface area (Å²) < 4.78 is 0. The normalized spacial score (nSPS) is 27.4. The van der Waals surface area contributed by atoms with Crippen molar-refractivity contribution in [2.75, 3.05) is 13.1 Å². The van der Waals surface area contributed by atoms with Crippen molar-refractivity contribution in [3.8, 4) is 0 Å². The average Bonchev–Trinajstić information content (AvgIpc) is 1.97. The highest BCUT2D eigenvalue weighted by molar-refractivity contribution is 6.25. The first-order valence-electron chi connectivity index (χ1n) is 4.42. The SMILES string of the molecule is CC1(C)CN(C/C=C/Cl)C1(C)C. The Bertz CT molecular complexity index is 194. The zero-order valence-electron chi connectivity index (χ0n) is 8.39. The van der Waals surface area contributed by atoms with E-state index >= 15 is 0 Å². The van der Waals surface area contributed by atoms with Crippen molar-refractivity contribution in [3.05, 3.63) is 11.6 Å². The van der Waals surface area contributed by atoms with Gasteiger partial charge < -0.3 is 0 Å². The number of hydrogen-bond acceptors (Lipinski definition) is 1. The molecule has 2 heteroatoms. The number of rotatable bonds is 2. The van der Waals surface area contributed by atoms with Crippen molar-refractivity contribution in [3.63, 3.8) is 0 Å². The Kier molecular flexibility index (Phi) is 2.55. The Balaban J connectivity index is 2.54. The van der Waals surface area contributed by atoms with E-state index in [0.717, 1.165) is 6.54 Å². The molecule has 0 bridgehead atoms. The monoisotopic (exact) mass is 187 g/mol. The molecule has 0 atom stereocenters. The second kappa shape index (κ2) is 3.04. The Morgan fingerprint density at radius 1 is 1.33 bits per heavy atom. The molecule has 0 aromatic carbocycles. The van der Waals surface area contributed by atoms with Crippen LogP contribution in [-0.2, 0) is 0 Å². The van der Waals surface area contributed by atoms with Crippen molar-refractivity contribution < 1.29 is 0 Å². The van der Waals surface area contributed by atoms with Gasteiger partial charge >= 0.3 is 0 Å². The predicted molar refractivity (Wildman–Crippen MR) is 54.4 cm³/mol. The number of hydrogen-bond donors (Lipinski definition) is 0. The van der Waals surface area contributed by atoms with Gasteiger partial charge in [-0.3, -0.25) is 4.90 Å². The molecule has 0 spiro atoms. The zero-order chi connectivity index (χ0) is 9.41. The van der Waals surface area contributed by atoms with E-state index in [2.05, 4.69) is 32.6 Å². The maximum absolute atomic E-state index is 5.48. The van der Waals surface area contributed by atoms with Crippen molar-refractivity contribution in [2.45, 2.75) is 33.2 Å². The molecule has 0 saturated carbocycles. The van der Waals surface area contributed by atoms with Crippen LogP contribution in [-0.4, -0.2) is 23.5 Å². The van der Waals surface area contributed by atoms with Crippen LogP contribution in [0.4, 0.5) is 0 Å². The quantitative estimate of drug-likeness (QED) is 0.643. The molecule has 1 aliphatic heterocycles. The number of likely N-dealkylation sites (tertiary alicyclic amines) is 1. The maximum Gasteiger partial charge on any atom is 0.0219 e. The third kappa shape index (κ3) is 1.40. The standard InChI is InChI=1S/C10H18ClN/c1-9(2)8-12(7-5-6-11)10(9,3)4/h5-6H,7-8H2,1-4H3/b6-5+. The molecule has 0 N–H and O–H groups in total. The smallest absolute Gasteiger partial charge is 0.0219 e. The third-order valence-corrected chi connectivity index (χ3v) is 3.63. The van der Waals surface area contributed by atoms with Gasteiger partial charge in [0, 0.05) is 24.2 Å². The van der Waals surface area contributed by atoms with Crippen LogP contribution in [0.3, 0.4) is 0 Å². The van der Waals surface area contributed by atoms with Crippen LogP contribution in [0.2, 0.25) is 0 Å². The summed E-state index contributed by atoms with van der Waals surface area (Å²) in [5.41, 5.74) is 2.35. The summed E-state index contributed by atoms with van der Waals surface area (Å²) in [7, 11) is 0. The fraction of sp³-hybridized carbons (Fsp3) is 0.800. The first-order valence-corrected chi connectivity index (χ1v) is 4.86. The molecule has 0 radical (unpaired) electrons. The summed E-state index contributed by atoms with van der Waals surface area (Å²) in [5.74, 6) is 0. The first-order chi connectivity index (χ1) is 5.42. The summed E-state index contributed by atoms with van der Waals surface area (Å²) >= 11 is 5.48. The van der Waals surface area contributed by atoms with Gasteiger partial charge in [0.05, 0.1) is 0 Å². The van der Waals surface area contributed by atoms with E-state index in [1.165, 1.54) is 6.54 Å². The molecule has 1 aliphatic rings. The van der Waals surface area contributed by atoms with Crippen LogP contribution in [0.25, 0.3) is 0 Å². The highest BCUT2D eigenvalue weighted by Gasteiger charge is 2.51. The van der Waals surface area contributed by atoms with Gasteiger partial charge in [-0.25, -0.2) is 0 Å². The van der Waals surface area contributed by atoms with Gasteiger partial charge in [0.2, 0.25) is 0 Å². The van der Waals surface area contributed by atoms with E-state index in [9.17, 15) is 0 Å². The van der Waals surface area contributed by atoms with Gasteiger partial charge in [-0.1, -0.05) is 31.5 Å². The molecule has 70 valence electrons. The topological polar surface area (TPSA) is 3.24 Å². The highest BCUT2D eigenvalue weighted by atomic mass is 35.5. The van der Waals surface area contributed by atoms with Crippen LogP contribution in [0, 0.1) is 5.41 Å². The average molecular weight is 188 g/mol. The van der Waals surface area contributed by atoms with Gasteiger partial charge in [0.15, 0.2) is 0 Å². The van der Waals surface area contributed by atoms with E-state index in [4.69, 9.17) is 11.6 Å². The fourth-order valence-corrected chi connectivity index (χ4v) is 1.74. The van der Waals surface area contributed by atoms with Crippen LogP contribution < -0.4 is 0 Å². The van der Waals surface area contributed by atoms with E-state index in [1.54, 1.807) is 5.54 Å². The highest BCUT2D eigenvalue weighted by Crippen LogP contribution is 2.45. The van der Waals surface area contributed by atoms with Crippen LogP contribution >= 0.6 is 11.6 Å². The second-order valence-electron chi connectivity index (χ2n) is 4.69. The van der Waals surface area contributed by atoms with Gasteiger partial charge in [0.25, 0.3) is 0 Å². The maximum atomic E-state index is 5.48. The van der Waals surface area contributed by atoms with Crippen molar-refractivity contribution in [1.82, 2.24) is 4.90 Å². The largest absolute Gasteiger partial charge is 0.293 e. The lowest BCUT2D eigenvalue weighted by Crippen LogP contribution is -2.68. The molecule has 1 heterocycles. The van der Waals surface area contributed by atoms with E-state index < -0.39 is 0 Å². The molecule has 12 heavy (non-hydrogen) atoms. The molecule has 0 unspecified atom stereocenters. The molecule has 1 fully saturated rings. The third-order valence-electron chi connectivity index (χ3n) is 3.45. The van der Waals surface area contributed by atoms with Gasteiger partial charge in [-0.2, -0.15) is 0 Å². The molecular weight excluding hydrogens is 170 g/mol. The number of halogens is 1. The van der Waals surface area contributed by atoms with Gasteiger partial charge in [-0.15, -0.1) is 0 Å². The van der Waals surface area contributed by atoms with E-state index in [0.29, 0.717) is 11.0 Å². The van der Waals surface area contributed by atoms with Crippen LogP contribution in [0.15, 0.2) is 11.6 Å². The molecule has 0 aliphatic carbocycles. The molecule has 1 rings (SSSR count). The van der Waals surface area contributed by atoms with Crippen LogP contribution in [0.1, 0.15) is 27.7 Å². The second-order valence-corrected chi connectivity index (χ2v) is 4.94. The van der Waals surface area contributed by atoms with Gasteiger partial charge in [0.1, 0.15) is 0 Å². The summed E-state index contributed by atoms with van der Waals surface area (Å²) in [6.45, 7) is 11.3. The molecule has 1 saturated heterocycles. The Morgan fingerprint density at radius 2 is 1.92 bits per heavy atom. The molecule has 0 aromatic rings. The summed E-state index contributed by atoms with van der Waals surface area (Å²) in [5, 5.41) is 0. The Morgan fingerprint density at radius 3 is 2.25 bits per heavy atom. The summed E-state index contributed by atoms with van der Waals surface area (Å²) in [6, 6.07) is 0. The van der Waals surface area contributed by atoms with E-state index in [1.807, 2.05) is 6.08 Å². The lowest BCUT2D eigenvalue weighted by Gasteiger charge is -2.61. The van der Waals surface area contributed by atoms with Crippen molar-refractivity contribution >= 4 is 11.6 Å². The lowest BCUT2D eigenvalue weighted by molar-refractivity contribution is -0.109. The molecule has 1 nitrogen and oxygen atoms in total. The Labute approximate surface area is 80.4 Å². The first kappa shape index (κ1) is 10.1. The summed E-state index contributed by atoms with van der Waals surface area (Å²) in [6.07, 6.45) is 2.00. The molecular formula is C10H18ClN. The van der Waals surface area contributed by atoms with Crippen molar-refractivity contribution in [2.24, 2.45) is 5.41 Å². The minimum Gasteiger partial charge on any atom is -0.293 e. The summed E-state index contributed by atoms with van der Waals surface area (Å²) in [4.78, 5) is 2.44. The van der Waals surface area contributed by atoms with Crippen LogP contribution in [0.5, 0.6) is 0 Å².